The molecule has 1 fully saturated rings. The molecule has 0 aliphatic carbocycles. The van der Waals surface area contributed by atoms with Gasteiger partial charge in [0.1, 0.15) is 5.82 Å². The van der Waals surface area contributed by atoms with Crippen LogP contribution in [0, 0.1) is 11.7 Å². The molecule has 3 N–H and O–H groups in total. The lowest BCUT2D eigenvalue weighted by Gasteiger charge is -2.28. The first-order chi connectivity index (χ1) is 13.2. The quantitative estimate of drug-likeness (QED) is 0.308. The van der Waals surface area contributed by atoms with Gasteiger partial charge in [-0.15, -0.1) is 24.0 Å². The van der Waals surface area contributed by atoms with Crippen molar-refractivity contribution in [3.8, 4) is 0 Å². The number of hydrogen-bond donors (Lipinski definition) is 3. The fourth-order valence-electron chi connectivity index (χ4n) is 3.72. The molecule has 0 radical (unpaired) electrons. The van der Waals surface area contributed by atoms with E-state index < -0.39 is 0 Å². The third kappa shape index (κ3) is 6.62. The summed E-state index contributed by atoms with van der Waals surface area (Å²) in [5, 5.41) is 7.68. The van der Waals surface area contributed by atoms with Gasteiger partial charge in [0.15, 0.2) is 5.96 Å². The highest BCUT2D eigenvalue weighted by Crippen LogP contribution is 2.20. The van der Waals surface area contributed by atoms with E-state index in [-0.39, 0.29) is 29.8 Å². The molecule has 0 unspecified atom stereocenters. The van der Waals surface area contributed by atoms with Gasteiger partial charge in [0.2, 0.25) is 0 Å². The van der Waals surface area contributed by atoms with Gasteiger partial charge in [-0.1, -0.05) is 0 Å². The van der Waals surface area contributed by atoms with Crippen LogP contribution in [-0.4, -0.2) is 55.6 Å². The number of aromatic amines is 1. The molecule has 0 bridgehead atoms. The van der Waals surface area contributed by atoms with Crippen molar-refractivity contribution in [3.63, 3.8) is 0 Å². The minimum Gasteiger partial charge on any atom is -0.361 e. The third-order valence-electron chi connectivity index (χ3n) is 5.41. The van der Waals surface area contributed by atoms with Crippen molar-refractivity contribution in [2.45, 2.75) is 32.6 Å². The van der Waals surface area contributed by atoms with E-state index in [4.69, 9.17) is 4.99 Å². The first kappa shape index (κ1) is 22.9. The molecule has 1 aliphatic heterocycles. The van der Waals surface area contributed by atoms with Crippen molar-refractivity contribution in [3.05, 3.63) is 35.8 Å². The summed E-state index contributed by atoms with van der Waals surface area (Å²) in [6.45, 7) is 6.97. The standard InChI is InChI=1S/C21H32FN5.HI/c1-3-23-21(24-10-6-16-8-12-27(2)13-9-16)25-11-7-17-15-26-20-5-4-18(22)14-19(17)20;/h4-5,14-16,26H,3,6-13H2,1-2H3,(H2,23,24,25);1H. The van der Waals surface area contributed by atoms with E-state index in [2.05, 4.69) is 34.5 Å². The number of aromatic nitrogens is 1. The summed E-state index contributed by atoms with van der Waals surface area (Å²) >= 11 is 0. The van der Waals surface area contributed by atoms with Crippen LogP contribution in [0.5, 0.6) is 0 Å². The molecule has 2 heterocycles. The first-order valence-electron chi connectivity index (χ1n) is 10.1. The van der Waals surface area contributed by atoms with Crippen LogP contribution in [0.1, 0.15) is 31.7 Å². The highest BCUT2D eigenvalue weighted by molar-refractivity contribution is 14.0. The van der Waals surface area contributed by atoms with Crippen molar-refractivity contribution >= 4 is 40.8 Å². The summed E-state index contributed by atoms with van der Waals surface area (Å²) in [7, 11) is 2.20. The second-order valence-corrected chi connectivity index (χ2v) is 7.48. The number of halogens is 2. The van der Waals surface area contributed by atoms with Crippen LogP contribution in [0.2, 0.25) is 0 Å². The number of fused-ring (bicyclic) bond motifs is 1. The van der Waals surface area contributed by atoms with Crippen molar-refractivity contribution in [1.82, 2.24) is 20.5 Å². The topological polar surface area (TPSA) is 55.5 Å². The number of likely N-dealkylation sites (tertiary alicyclic amines) is 1. The van der Waals surface area contributed by atoms with E-state index in [1.54, 1.807) is 12.1 Å². The molecule has 5 nitrogen and oxygen atoms in total. The van der Waals surface area contributed by atoms with Crippen LogP contribution in [-0.2, 0) is 6.42 Å². The maximum Gasteiger partial charge on any atom is 0.191 e. The van der Waals surface area contributed by atoms with Crippen LogP contribution in [0.3, 0.4) is 0 Å². The number of hydrogen-bond acceptors (Lipinski definition) is 2. The van der Waals surface area contributed by atoms with E-state index in [1.165, 1.54) is 32.0 Å². The average molecular weight is 501 g/mol. The Kier molecular flexibility index (Phi) is 9.50. The van der Waals surface area contributed by atoms with E-state index in [1.807, 2.05) is 6.20 Å². The van der Waals surface area contributed by atoms with Crippen LogP contribution in [0.15, 0.2) is 29.4 Å². The van der Waals surface area contributed by atoms with Crippen LogP contribution >= 0.6 is 24.0 Å². The Hall–Kier alpha value is -1.35. The van der Waals surface area contributed by atoms with Crippen LogP contribution < -0.4 is 10.6 Å². The molecule has 0 saturated carbocycles. The second kappa shape index (κ2) is 11.6. The Balaban J connectivity index is 0.00000280. The predicted octanol–water partition coefficient (Wildman–Crippen LogP) is 3.75. The monoisotopic (exact) mass is 501 g/mol. The SMILES string of the molecule is CCNC(=NCCC1CCN(C)CC1)NCCc1c[nH]c2ccc(F)cc12.I. The molecule has 1 aromatic heterocycles. The molecule has 3 rings (SSSR count). The Morgan fingerprint density at radius 2 is 2.07 bits per heavy atom. The van der Waals surface area contributed by atoms with Gasteiger partial charge in [-0.05, 0) is 82.4 Å². The maximum absolute atomic E-state index is 13.5. The molecule has 2 aromatic rings. The van der Waals surface area contributed by atoms with Gasteiger partial charge >= 0.3 is 0 Å². The Morgan fingerprint density at radius 1 is 1.29 bits per heavy atom. The molecular weight excluding hydrogens is 468 g/mol. The molecule has 28 heavy (non-hydrogen) atoms. The average Bonchev–Trinajstić information content (AvgIpc) is 3.05. The van der Waals surface area contributed by atoms with Gasteiger partial charge in [0.25, 0.3) is 0 Å². The highest BCUT2D eigenvalue weighted by atomic mass is 127. The molecule has 0 atom stereocenters. The number of nitrogens with one attached hydrogen (secondary N) is 3. The Bertz CT molecular complexity index is 752. The molecule has 0 amide bonds. The Morgan fingerprint density at radius 3 is 2.82 bits per heavy atom. The lowest BCUT2D eigenvalue weighted by Crippen LogP contribution is -2.38. The minimum atomic E-state index is -0.194. The summed E-state index contributed by atoms with van der Waals surface area (Å²) in [5.41, 5.74) is 2.10. The molecule has 1 saturated heterocycles. The van der Waals surface area contributed by atoms with Crippen LogP contribution in [0.4, 0.5) is 4.39 Å². The summed E-state index contributed by atoms with van der Waals surface area (Å²) < 4.78 is 13.5. The lowest BCUT2D eigenvalue weighted by atomic mass is 9.94. The third-order valence-corrected chi connectivity index (χ3v) is 5.41. The molecule has 1 aromatic carbocycles. The number of rotatable bonds is 7. The van der Waals surface area contributed by atoms with Gasteiger partial charge in [-0.3, -0.25) is 4.99 Å². The van der Waals surface area contributed by atoms with E-state index in [0.29, 0.717) is 0 Å². The number of aliphatic imine (C=N–C) groups is 1. The van der Waals surface area contributed by atoms with Crippen molar-refractivity contribution in [2.24, 2.45) is 10.9 Å². The largest absolute Gasteiger partial charge is 0.361 e. The second-order valence-electron chi connectivity index (χ2n) is 7.48. The summed E-state index contributed by atoms with van der Waals surface area (Å²) in [6.07, 6.45) is 6.52. The number of nitrogens with zero attached hydrogens (tertiary/aromatic N) is 2. The number of piperidine rings is 1. The van der Waals surface area contributed by atoms with Gasteiger partial charge < -0.3 is 20.5 Å². The van der Waals surface area contributed by atoms with Gasteiger partial charge in [-0.2, -0.15) is 0 Å². The van der Waals surface area contributed by atoms with Crippen molar-refractivity contribution < 1.29 is 4.39 Å². The zero-order valence-corrected chi connectivity index (χ0v) is 19.3. The zero-order valence-electron chi connectivity index (χ0n) is 16.9. The van der Waals surface area contributed by atoms with Gasteiger partial charge in [0, 0.05) is 36.7 Å². The van der Waals surface area contributed by atoms with E-state index in [9.17, 15) is 4.39 Å². The van der Waals surface area contributed by atoms with Crippen molar-refractivity contribution in [1.29, 1.82) is 0 Å². The minimum absolute atomic E-state index is 0. The van der Waals surface area contributed by atoms with Gasteiger partial charge in [0.05, 0.1) is 0 Å². The maximum atomic E-state index is 13.5. The fraction of sp³-hybridized carbons (Fsp3) is 0.571. The highest BCUT2D eigenvalue weighted by Gasteiger charge is 2.15. The lowest BCUT2D eigenvalue weighted by molar-refractivity contribution is 0.214. The Labute approximate surface area is 184 Å². The number of benzene rings is 1. The zero-order chi connectivity index (χ0) is 19.1. The fourth-order valence-corrected chi connectivity index (χ4v) is 3.72. The molecule has 0 spiro atoms. The smallest absolute Gasteiger partial charge is 0.191 e. The summed E-state index contributed by atoms with van der Waals surface area (Å²) in [4.78, 5) is 10.3. The predicted molar refractivity (Wildman–Crippen MR) is 126 cm³/mol. The number of guanidine groups is 1. The van der Waals surface area contributed by atoms with Crippen molar-refractivity contribution in [2.75, 3.05) is 39.8 Å². The molecule has 7 heteroatoms. The van der Waals surface area contributed by atoms with E-state index >= 15 is 0 Å². The van der Waals surface area contributed by atoms with Gasteiger partial charge in [-0.25, -0.2) is 4.39 Å². The summed E-state index contributed by atoms with van der Waals surface area (Å²) in [5.74, 6) is 1.48. The van der Waals surface area contributed by atoms with Crippen LogP contribution in [0.25, 0.3) is 10.9 Å². The normalized spacial score (nSPS) is 16.2. The summed E-state index contributed by atoms with van der Waals surface area (Å²) in [6, 6.07) is 4.87. The molecule has 1 aliphatic rings. The molecule has 156 valence electrons. The first-order valence-corrected chi connectivity index (χ1v) is 10.1. The number of H-pyrrole nitrogens is 1. The molecular formula is C21H33FIN5. The van der Waals surface area contributed by atoms with E-state index in [0.717, 1.165) is 60.8 Å².